The number of thiazole rings is 1. The van der Waals surface area contributed by atoms with E-state index in [0.717, 1.165) is 22.9 Å². The van der Waals surface area contributed by atoms with E-state index < -0.39 is 0 Å². The maximum absolute atomic E-state index is 5.96. The summed E-state index contributed by atoms with van der Waals surface area (Å²) >= 11 is 1.69. The standard InChI is InChI=1S/C17H24N4O2S/c1-11(2)16-20-12(10-24-16)7-8-19-17(18)21-14-9-13(22-3)5-6-15(14)23-4/h5-6,9-11H,7-8H2,1-4H3,(H3,18,19,21). The lowest BCUT2D eigenvalue weighted by Crippen LogP contribution is -2.23. The SMILES string of the molecule is COc1ccc(OC)c(NC(N)=NCCc2csc(C(C)C)n2)c1. The average Bonchev–Trinajstić information content (AvgIpc) is 3.04. The number of nitrogens with one attached hydrogen (secondary N) is 1. The number of rotatable bonds is 7. The molecule has 0 amide bonds. The molecule has 0 saturated heterocycles. The molecule has 0 saturated carbocycles. The molecule has 24 heavy (non-hydrogen) atoms. The molecule has 2 rings (SSSR count). The highest BCUT2D eigenvalue weighted by Crippen LogP contribution is 2.28. The molecular weight excluding hydrogens is 324 g/mol. The fraction of sp³-hybridized carbons (Fsp3) is 0.412. The maximum Gasteiger partial charge on any atom is 0.193 e. The Morgan fingerprint density at radius 1 is 1.33 bits per heavy atom. The molecule has 1 aromatic heterocycles. The van der Waals surface area contributed by atoms with Crippen LogP contribution in [0, 0.1) is 0 Å². The molecule has 3 N–H and O–H groups in total. The van der Waals surface area contributed by atoms with Crippen LogP contribution in [0.15, 0.2) is 28.6 Å². The first-order valence-electron chi connectivity index (χ1n) is 7.76. The number of benzene rings is 1. The molecule has 0 spiro atoms. The van der Waals surface area contributed by atoms with Gasteiger partial charge in [-0.15, -0.1) is 11.3 Å². The summed E-state index contributed by atoms with van der Waals surface area (Å²) in [7, 11) is 3.22. The summed E-state index contributed by atoms with van der Waals surface area (Å²) in [6.45, 7) is 4.86. The van der Waals surface area contributed by atoms with Crippen molar-refractivity contribution in [1.82, 2.24) is 4.98 Å². The number of guanidine groups is 1. The Morgan fingerprint density at radius 2 is 2.12 bits per heavy atom. The zero-order valence-electron chi connectivity index (χ0n) is 14.5. The van der Waals surface area contributed by atoms with Gasteiger partial charge in [-0.25, -0.2) is 4.98 Å². The zero-order valence-corrected chi connectivity index (χ0v) is 15.3. The third-order valence-corrected chi connectivity index (χ3v) is 4.58. The van der Waals surface area contributed by atoms with E-state index in [4.69, 9.17) is 15.2 Å². The van der Waals surface area contributed by atoms with Gasteiger partial charge in [0.15, 0.2) is 5.96 Å². The molecule has 0 aliphatic carbocycles. The number of nitrogens with zero attached hydrogens (tertiary/aromatic N) is 2. The van der Waals surface area contributed by atoms with Crippen LogP contribution in [0.5, 0.6) is 11.5 Å². The Labute approximate surface area is 146 Å². The van der Waals surface area contributed by atoms with Crippen LogP contribution in [-0.2, 0) is 6.42 Å². The molecule has 0 unspecified atom stereocenters. The molecule has 6 nitrogen and oxygen atoms in total. The fourth-order valence-corrected chi connectivity index (χ4v) is 2.95. The Morgan fingerprint density at radius 3 is 2.75 bits per heavy atom. The van der Waals surface area contributed by atoms with Crippen LogP contribution in [0.3, 0.4) is 0 Å². The summed E-state index contributed by atoms with van der Waals surface area (Å²) in [4.78, 5) is 8.94. The van der Waals surface area contributed by atoms with Gasteiger partial charge in [0.25, 0.3) is 0 Å². The monoisotopic (exact) mass is 348 g/mol. The van der Waals surface area contributed by atoms with Gasteiger partial charge in [-0.2, -0.15) is 0 Å². The lowest BCUT2D eigenvalue weighted by atomic mass is 10.2. The highest BCUT2D eigenvalue weighted by atomic mass is 32.1. The normalized spacial score (nSPS) is 11.6. The number of hydrogen-bond donors (Lipinski definition) is 2. The Balaban J connectivity index is 1.96. The Kier molecular flexibility index (Phi) is 6.43. The van der Waals surface area contributed by atoms with Crippen LogP contribution in [0.2, 0.25) is 0 Å². The van der Waals surface area contributed by atoms with E-state index >= 15 is 0 Å². The summed E-state index contributed by atoms with van der Waals surface area (Å²) in [6, 6.07) is 5.46. The van der Waals surface area contributed by atoms with Crippen molar-refractivity contribution in [2.24, 2.45) is 10.7 Å². The zero-order chi connectivity index (χ0) is 17.5. The summed E-state index contributed by atoms with van der Waals surface area (Å²) in [5.41, 5.74) is 7.73. The van der Waals surface area contributed by atoms with Crippen molar-refractivity contribution < 1.29 is 9.47 Å². The molecule has 0 aliphatic heterocycles. The minimum Gasteiger partial charge on any atom is -0.497 e. The van der Waals surface area contributed by atoms with Crippen LogP contribution in [-0.4, -0.2) is 31.7 Å². The Hall–Kier alpha value is -2.28. The van der Waals surface area contributed by atoms with Crippen LogP contribution in [0.4, 0.5) is 5.69 Å². The number of ether oxygens (including phenoxy) is 2. The van der Waals surface area contributed by atoms with Crippen molar-refractivity contribution >= 4 is 23.0 Å². The second-order valence-electron chi connectivity index (χ2n) is 5.54. The molecule has 130 valence electrons. The molecule has 0 bridgehead atoms. The number of anilines is 1. The van der Waals surface area contributed by atoms with Crippen LogP contribution < -0.4 is 20.5 Å². The van der Waals surface area contributed by atoms with E-state index in [0.29, 0.717) is 29.9 Å². The van der Waals surface area contributed by atoms with Gasteiger partial charge in [-0.1, -0.05) is 13.8 Å². The second-order valence-corrected chi connectivity index (χ2v) is 6.43. The van der Waals surface area contributed by atoms with E-state index in [1.807, 2.05) is 18.2 Å². The van der Waals surface area contributed by atoms with E-state index in [9.17, 15) is 0 Å². The smallest absolute Gasteiger partial charge is 0.193 e. The lowest BCUT2D eigenvalue weighted by molar-refractivity contribution is 0.405. The number of methoxy groups -OCH3 is 2. The van der Waals surface area contributed by atoms with Crippen molar-refractivity contribution in [3.05, 3.63) is 34.3 Å². The predicted molar refractivity (Wildman–Crippen MR) is 99.6 cm³/mol. The largest absolute Gasteiger partial charge is 0.497 e. The first-order chi connectivity index (χ1) is 11.5. The topological polar surface area (TPSA) is 81.8 Å². The van der Waals surface area contributed by atoms with E-state index in [-0.39, 0.29) is 0 Å². The van der Waals surface area contributed by atoms with Crippen molar-refractivity contribution in [1.29, 1.82) is 0 Å². The summed E-state index contributed by atoms with van der Waals surface area (Å²) in [5.74, 6) is 2.19. The molecular formula is C17H24N4O2S. The first-order valence-corrected chi connectivity index (χ1v) is 8.64. The van der Waals surface area contributed by atoms with Crippen molar-refractivity contribution in [3.8, 4) is 11.5 Å². The molecule has 7 heteroatoms. The summed E-state index contributed by atoms with van der Waals surface area (Å²) in [5, 5.41) is 6.29. The van der Waals surface area contributed by atoms with Gasteiger partial charge in [-0.3, -0.25) is 4.99 Å². The Bertz CT molecular complexity index is 698. The van der Waals surface area contributed by atoms with Crippen molar-refractivity contribution in [3.63, 3.8) is 0 Å². The van der Waals surface area contributed by atoms with E-state index in [2.05, 4.69) is 34.5 Å². The highest BCUT2D eigenvalue weighted by Gasteiger charge is 2.07. The van der Waals surface area contributed by atoms with Gasteiger partial charge < -0.3 is 20.5 Å². The van der Waals surface area contributed by atoms with E-state index in [1.165, 1.54) is 0 Å². The van der Waals surface area contributed by atoms with Crippen LogP contribution in [0.1, 0.15) is 30.5 Å². The van der Waals surface area contributed by atoms with Gasteiger partial charge in [0.2, 0.25) is 0 Å². The molecule has 0 atom stereocenters. The van der Waals surface area contributed by atoms with Gasteiger partial charge in [0, 0.05) is 30.3 Å². The molecule has 0 fully saturated rings. The third kappa shape index (κ3) is 4.86. The summed E-state index contributed by atoms with van der Waals surface area (Å²) in [6.07, 6.45) is 0.765. The average molecular weight is 348 g/mol. The fourth-order valence-electron chi connectivity index (χ4n) is 2.08. The number of nitrogens with two attached hydrogens (primary N) is 1. The number of aromatic nitrogens is 1. The second kappa shape index (κ2) is 8.54. The van der Waals surface area contributed by atoms with E-state index in [1.54, 1.807) is 25.6 Å². The lowest BCUT2D eigenvalue weighted by Gasteiger charge is -2.12. The number of aliphatic imine (C=N–C) groups is 1. The maximum atomic E-state index is 5.96. The first kappa shape index (κ1) is 18.1. The summed E-state index contributed by atoms with van der Waals surface area (Å²) < 4.78 is 10.5. The molecule has 0 aliphatic rings. The predicted octanol–water partition coefficient (Wildman–Crippen LogP) is 3.25. The molecule has 2 aromatic rings. The van der Waals surface area contributed by atoms with Crippen LogP contribution in [0.25, 0.3) is 0 Å². The van der Waals surface area contributed by atoms with Crippen molar-refractivity contribution in [2.45, 2.75) is 26.2 Å². The van der Waals surface area contributed by atoms with Gasteiger partial charge >= 0.3 is 0 Å². The molecule has 0 radical (unpaired) electrons. The molecule has 1 aromatic carbocycles. The van der Waals surface area contributed by atoms with Gasteiger partial charge in [-0.05, 0) is 12.1 Å². The van der Waals surface area contributed by atoms with Crippen molar-refractivity contribution in [2.75, 3.05) is 26.1 Å². The quantitative estimate of drug-likeness (QED) is 0.593. The minimum absolute atomic E-state index is 0.334. The van der Waals surface area contributed by atoms with Crippen LogP contribution >= 0.6 is 11.3 Å². The molecule has 1 heterocycles. The minimum atomic E-state index is 0.334. The third-order valence-electron chi connectivity index (χ3n) is 3.38. The van der Waals surface area contributed by atoms with Gasteiger partial charge in [0.1, 0.15) is 11.5 Å². The van der Waals surface area contributed by atoms with Gasteiger partial charge in [0.05, 0.1) is 30.6 Å². The highest BCUT2D eigenvalue weighted by molar-refractivity contribution is 7.09. The number of hydrogen-bond acceptors (Lipinski definition) is 5.